The van der Waals surface area contributed by atoms with Crippen molar-refractivity contribution in [3.63, 3.8) is 0 Å². The number of nitrogens with zero attached hydrogens (tertiary/aromatic N) is 2. The predicted octanol–water partition coefficient (Wildman–Crippen LogP) is 2.54. The second-order valence-electron chi connectivity index (χ2n) is 4.45. The molecule has 0 aliphatic heterocycles. The fourth-order valence-electron chi connectivity index (χ4n) is 1.82. The Morgan fingerprint density at radius 1 is 1.35 bits per heavy atom. The van der Waals surface area contributed by atoms with Gasteiger partial charge in [-0.05, 0) is 31.4 Å². The van der Waals surface area contributed by atoms with Gasteiger partial charge in [0, 0.05) is 25.1 Å². The van der Waals surface area contributed by atoms with Crippen LogP contribution < -0.4 is 0 Å². The quantitative estimate of drug-likeness (QED) is 0.591. The maximum Gasteiger partial charge on any atom is 0.254 e. The van der Waals surface area contributed by atoms with Crippen LogP contribution in [0.3, 0.4) is 0 Å². The van der Waals surface area contributed by atoms with Crippen LogP contribution in [0.4, 0.5) is 0 Å². The van der Waals surface area contributed by atoms with Crippen molar-refractivity contribution in [2.75, 3.05) is 26.0 Å². The first-order valence-electron chi connectivity index (χ1n) is 6.65. The second kappa shape index (κ2) is 9.40. The summed E-state index contributed by atoms with van der Waals surface area (Å²) in [5, 5.41) is 17.4. The SMILES string of the molecule is CN(CCCCCO)C(=O)c1ccccc1SCC#N. The van der Waals surface area contributed by atoms with Crippen molar-refractivity contribution in [3.05, 3.63) is 29.8 Å². The van der Waals surface area contributed by atoms with Crippen molar-refractivity contribution in [3.8, 4) is 6.07 Å². The summed E-state index contributed by atoms with van der Waals surface area (Å²) in [6, 6.07) is 9.45. The molecule has 0 saturated carbocycles. The summed E-state index contributed by atoms with van der Waals surface area (Å²) < 4.78 is 0. The number of unbranched alkanes of at least 4 members (excludes halogenated alkanes) is 2. The van der Waals surface area contributed by atoms with Gasteiger partial charge in [0.15, 0.2) is 0 Å². The van der Waals surface area contributed by atoms with Crippen LogP contribution >= 0.6 is 11.8 Å². The summed E-state index contributed by atoms with van der Waals surface area (Å²) in [6.45, 7) is 0.876. The van der Waals surface area contributed by atoms with Gasteiger partial charge >= 0.3 is 0 Å². The number of hydrogen-bond acceptors (Lipinski definition) is 4. The van der Waals surface area contributed by atoms with Crippen molar-refractivity contribution in [1.29, 1.82) is 5.26 Å². The molecule has 1 aromatic rings. The number of carbonyl (C=O) groups excluding carboxylic acids is 1. The molecule has 0 spiro atoms. The van der Waals surface area contributed by atoms with Crippen LogP contribution in [0.1, 0.15) is 29.6 Å². The number of aliphatic hydroxyl groups excluding tert-OH is 1. The van der Waals surface area contributed by atoms with E-state index >= 15 is 0 Å². The maximum atomic E-state index is 12.4. The number of rotatable bonds is 8. The Kier molecular flexibility index (Phi) is 7.78. The minimum atomic E-state index is -0.0185. The summed E-state index contributed by atoms with van der Waals surface area (Å²) in [4.78, 5) is 14.9. The van der Waals surface area contributed by atoms with E-state index in [0.717, 1.165) is 24.2 Å². The van der Waals surface area contributed by atoms with Crippen molar-refractivity contribution >= 4 is 17.7 Å². The first-order chi connectivity index (χ1) is 9.70. The molecule has 0 heterocycles. The molecule has 1 amide bonds. The van der Waals surface area contributed by atoms with Gasteiger partial charge in [0.1, 0.15) is 0 Å². The topological polar surface area (TPSA) is 64.3 Å². The molecule has 0 saturated heterocycles. The molecule has 0 bridgehead atoms. The summed E-state index contributed by atoms with van der Waals surface area (Å²) in [7, 11) is 1.78. The van der Waals surface area contributed by atoms with E-state index in [1.165, 1.54) is 11.8 Å². The van der Waals surface area contributed by atoms with Crippen molar-refractivity contribution < 1.29 is 9.90 Å². The molecule has 1 N–H and O–H groups in total. The summed E-state index contributed by atoms with van der Waals surface area (Å²) in [6.07, 6.45) is 2.58. The zero-order chi connectivity index (χ0) is 14.8. The normalized spacial score (nSPS) is 10.1. The van der Waals surface area contributed by atoms with E-state index in [9.17, 15) is 4.79 Å². The smallest absolute Gasteiger partial charge is 0.254 e. The first-order valence-corrected chi connectivity index (χ1v) is 7.64. The standard InChI is InChI=1S/C15H20N2O2S/c1-17(10-5-2-6-11-18)15(19)13-7-3-4-8-14(13)20-12-9-16/h3-4,7-8,18H,2,5-6,10-12H2,1H3. The van der Waals surface area contributed by atoms with Gasteiger partial charge in [-0.25, -0.2) is 0 Å². The van der Waals surface area contributed by atoms with Crippen molar-refractivity contribution in [1.82, 2.24) is 4.90 Å². The number of nitriles is 1. The van der Waals surface area contributed by atoms with E-state index < -0.39 is 0 Å². The van der Waals surface area contributed by atoms with Crippen molar-refractivity contribution in [2.24, 2.45) is 0 Å². The van der Waals surface area contributed by atoms with Gasteiger partial charge in [-0.1, -0.05) is 12.1 Å². The monoisotopic (exact) mass is 292 g/mol. The average Bonchev–Trinajstić information content (AvgIpc) is 2.49. The zero-order valence-electron chi connectivity index (χ0n) is 11.7. The minimum absolute atomic E-state index is 0.0185. The Morgan fingerprint density at radius 3 is 2.80 bits per heavy atom. The largest absolute Gasteiger partial charge is 0.396 e. The van der Waals surface area contributed by atoms with E-state index in [1.54, 1.807) is 18.0 Å². The Balaban J connectivity index is 2.64. The van der Waals surface area contributed by atoms with Crippen LogP contribution in [0.25, 0.3) is 0 Å². The van der Waals surface area contributed by atoms with Crippen LogP contribution in [0, 0.1) is 11.3 Å². The van der Waals surface area contributed by atoms with Crippen LogP contribution in [0.2, 0.25) is 0 Å². The molecule has 0 atom stereocenters. The molecule has 0 fully saturated rings. The van der Waals surface area contributed by atoms with Gasteiger partial charge in [0.05, 0.1) is 17.4 Å². The Labute approximate surface area is 124 Å². The molecule has 0 unspecified atom stereocenters. The van der Waals surface area contributed by atoms with Crippen LogP contribution in [0.15, 0.2) is 29.2 Å². The number of thioether (sulfide) groups is 1. The maximum absolute atomic E-state index is 12.4. The number of benzene rings is 1. The van der Waals surface area contributed by atoms with E-state index in [4.69, 9.17) is 10.4 Å². The number of hydrogen-bond donors (Lipinski definition) is 1. The van der Waals surface area contributed by atoms with Gasteiger partial charge in [-0.15, -0.1) is 11.8 Å². The van der Waals surface area contributed by atoms with Gasteiger partial charge in [-0.2, -0.15) is 5.26 Å². The fraction of sp³-hybridized carbons (Fsp3) is 0.467. The molecule has 4 nitrogen and oxygen atoms in total. The molecule has 5 heteroatoms. The Morgan fingerprint density at radius 2 is 2.10 bits per heavy atom. The second-order valence-corrected chi connectivity index (χ2v) is 5.47. The fourth-order valence-corrected chi connectivity index (χ4v) is 2.53. The lowest BCUT2D eigenvalue weighted by molar-refractivity contribution is 0.0789. The summed E-state index contributed by atoms with van der Waals surface area (Å²) in [5.41, 5.74) is 0.650. The molecule has 0 radical (unpaired) electrons. The molecule has 1 rings (SSSR count). The number of aliphatic hydroxyl groups is 1. The first kappa shape index (κ1) is 16.5. The third-order valence-corrected chi connectivity index (χ3v) is 3.85. The number of amides is 1. The van der Waals surface area contributed by atoms with Crippen LogP contribution in [-0.2, 0) is 0 Å². The Bertz CT molecular complexity index is 471. The molecule has 0 aliphatic rings. The highest BCUT2D eigenvalue weighted by molar-refractivity contribution is 7.99. The van der Waals surface area contributed by atoms with E-state index in [1.807, 2.05) is 18.2 Å². The molecule has 108 valence electrons. The molecule has 1 aromatic carbocycles. The van der Waals surface area contributed by atoms with Gasteiger partial charge in [0.2, 0.25) is 0 Å². The van der Waals surface area contributed by atoms with Crippen LogP contribution in [-0.4, -0.2) is 41.9 Å². The molecule has 20 heavy (non-hydrogen) atoms. The highest BCUT2D eigenvalue weighted by Crippen LogP contribution is 2.23. The predicted molar refractivity (Wildman–Crippen MR) is 80.7 cm³/mol. The lowest BCUT2D eigenvalue weighted by Gasteiger charge is -2.18. The highest BCUT2D eigenvalue weighted by atomic mass is 32.2. The van der Waals surface area contributed by atoms with E-state index in [-0.39, 0.29) is 12.5 Å². The molecule has 0 aromatic heterocycles. The van der Waals surface area contributed by atoms with Gasteiger partial charge < -0.3 is 10.0 Å². The third-order valence-electron chi connectivity index (χ3n) is 2.91. The van der Waals surface area contributed by atoms with Gasteiger partial charge in [-0.3, -0.25) is 4.79 Å². The third kappa shape index (κ3) is 5.24. The molecule has 0 aliphatic carbocycles. The lowest BCUT2D eigenvalue weighted by atomic mass is 10.2. The minimum Gasteiger partial charge on any atom is -0.396 e. The van der Waals surface area contributed by atoms with E-state index in [0.29, 0.717) is 17.9 Å². The van der Waals surface area contributed by atoms with Gasteiger partial charge in [0.25, 0.3) is 5.91 Å². The Hall–Kier alpha value is -1.51. The van der Waals surface area contributed by atoms with Crippen molar-refractivity contribution in [2.45, 2.75) is 24.2 Å². The number of carbonyl (C=O) groups is 1. The lowest BCUT2D eigenvalue weighted by Crippen LogP contribution is -2.28. The van der Waals surface area contributed by atoms with Crippen LogP contribution in [0.5, 0.6) is 0 Å². The zero-order valence-corrected chi connectivity index (χ0v) is 12.5. The van der Waals surface area contributed by atoms with E-state index in [2.05, 4.69) is 6.07 Å². The average molecular weight is 292 g/mol. The summed E-state index contributed by atoms with van der Waals surface area (Å²) in [5.74, 6) is 0.319. The highest BCUT2D eigenvalue weighted by Gasteiger charge is 2.15. The molecular formula is C15H20N2O2S. The molecular weight excluding hydrogens is 272 g/mol. The summed E-state index contributed by atoms with van der Waals surface area (Å²) >= 11 is 1.38.